The van der Waals surface area contributed by atoms with Crippen LogP contribution in [0.1, 0.15) is 10.7 Å². The highest BCUT2D eigenvalue weighted by Gasteiger charge is 2.06. The lowest BCUT2D eigenvalue weighted by Crippen LogP contribution is -2.18. The zero-order valence-electron chi connectivity index (χ0n) is 9.43. The minimum atomic E-state index is 0.502. The Morgan fingerprint density at radius 1 is 1.35 bits per heavy atom. The molecule has 0 amide bonds. The molecule has 0 aliphatic rings. The molecule has 0 saturated carbocycles. The maximum Gasteiger partial charge on any atom is 0.144 e. The summed E-state index contributed by atoms with van der Waals surface area (Å²) >= 11 is 7.47. The van der Waals surface area contributed by atoms with Gasteiger partial charge in [-0.1, -0.05) is 11.6 Å². The van der Waals surface area contributed by atoms with Crippen LogP contribution in [-0.4, -0.2) is 21.9 Å². The third-order valence-electron chi connectivity index (χ3n) is 2.19. The number of nitrogen functional groups attached to an aromatic ring is 1. The van der Waals surface area contributed by atoms with Gasteiger partial charge in [0.2, 0.25) is 0 Å². The van der Waals surface area contributed by atoms with Crippen molar-refractivity contribution in [2.45, 2.75) is 13.1 Å². The van der Waals surface area contributed by atoms with Crippen molar-refractivity contribution in [1.29, 1.82) is 0 Å². The van der Waals surface area contributed by atoms with Crippen LogP contribution in [0.4, 0.5) is 5.82 Å². The SMILES string of the molecule is CN(Cc1nccc(N)n1)Cc1ccc(Cl)s1. The van der Waals surface area contributed by atoms with E-state index in [0.29, 0.717) is 12.4 Å². The number of thiophene rings is 1. The van der Waals surface area contributed by atoms with Gasteiger partial charge < -0.3 is 5.73 Å². The van der Waals surface area contributed by atoms with Crippen molar-refractivity contribution in [3.8, 4) is 0 Å². The van der Waals surface area contributed by atoms with E-state index < -0.39 is 0 Å². The van der Waals surface area contributed by atoms with E-state index in [2.05, 4.69) is 14.9 Å². The number of nitrogens with two attached hydrogens (primary N) is 1. The molecule has 2 N–H and O–H groups in total. The monoisotopic (exact) mass is 268 g/mol. The van der Waals surface area contributed by atoms with E-state index in [1.165, 1.54) is 4.88 Å². The second kappa shape index (κ2) is 5.44. The lowest BCUT2D eigenvalue weighted by atomic mass is 10.4. The highest BCUT2D eigenvalue weighted by molar-refractivity contribution is 7.16. The molecule has 0 aromatic carbocycles. The van der Waals surface area contributed by atoms with Crippen molar-refractivity contribution in [1.82, 2.24) is 14.9 Å². The van der Waals surface area contributed by atoms with Crippen LogP contribution < -0.4 is 5.73 Å². The molecule has 0 bridgehead atoms. The molecule has 2 rings (SSSR count). The van der Waals surface area contributed by atoms with Gasteiger partial charge in [0.05, 0.1) is 10.9 Å². The van der Waals surface area contributed by atoms with Gasteiger partial charge in [-0.25, -0.2) is 9.97 Å². The van der Waals surface area contributed by atoms with Crippen molar-refractivity contribution >= 4 is 28.8 Å². The molecule has 0 spiro atoms. The molecule has 2 aromatic rings. The fourth-order valence-electron chi connectivity index (χ4n) is 1.49. The molecule has 0 atom stereocenters. The lowest BCUT2D eigenvalue weighted by molar-refractivity contribution is 0.313. The van der Waals surface area contributed by atoms with Crippen LogP contribution in [0.3, 0.4) is 0 Å². The van der Waals surface area contributed by atoms with E-state index in [1.807, 2.05) is 19.2 Å². The van der Waals surface area contributed by atoms with Crippen molar-refractivity contribution in [3.63, 3.8) is 0 Å². The number of hydrogen-bond donors (Lipinski definition) is 1. The van der Waals surface area contributed by atoms with E-state index in [4.69, 9.17) is 17.3 Å². The van der Waals surface area contributed by atoms with Crippen LogP contribution in [0.25, 0.3) is 0 Å². The molecule has 4 nitrogen and oxygen atoms in total. The molecule has 2 heterocycles. The first kappa shape index (κ1) is 12.3. The van der Waals surface area contributed by atoms with E-state index in [1.54, 1.807) is 23.6 Å². The zero-order valence-corrected chi connectivity index (χ0v) is 11.0. The van der Waals surface area contributed by atoms with Crippen LogP contribution in [0.5, 0.6) is 0 Å². The van der Waals surface area contributed by atoms with Gasteiger partial charge in [-0.05, 0) is 25.2 Å². The molecular formula is C11H13ClN4S. The standard InChI is InChI=1S/C11H13ClN4S/c1-16(6-8-2-3-9(12)17-8)7-11-14-5-4-10(13)15-11/h2-5H,6-7H2,1H3,(H2,13,14,15). The second-order valence-corrected chi connectivity index (χ2v) is 5.58. The predicted octanol–water partition coefficient (Wildman–Crippen LogP) is 2.41. The van der Waals surface area contributed by atoms with Gasteiger partial charge in [0.25, 0.3) is 0 Å². The van der Waals surface area contributed by atoms with Crippen molar-refractivity contribution < 1.29 is 0 Å². The minimum Gasteiger partial charge on any atom is -0.384 e. The maximum atomic E-state index is 5.88. The number of anilines is 1. The van der Waals surface area contributed by atoms with Crippen molar-refractivity contribution in [2.75, 3.05) is 12.8 Å². The number of aromatic nitrogens is 2. The molecule has 90 valence electrons. The Labute approximate surface area is 109 Å². The van der Waals surface area contributed by atoms with Gasteiger partial charge in [-0.2, -0.15) is 0 Å². The van der Waals surface area contributed by atoms with Gasteiger partial charge in [0.1, 0.15) is 11.6 Å². The maximum absolute atomic E-state index is 5.88. The number of halogens is 1. The Hall–Kier alpha value is -1.17. The molecule has 0 radical (unpaired) electrons. The molecule has 2 aromatic heterocycles. The Bertz CT molecular complexity index is 500. The van der Waals surface area contributed by atoms with Crippen LogP contribution >= 0.6 is 22.9 Å². The van der Waals surface area contributed by atoms with Crippen LogP contribution in [0.2, 0.25) is 4.34 Å². The normalized spacial score (nSPS) is 11.0. The summed E-state index contributed by atoms with van der Waals surface area (Å²) in [7, 11) is 2.01. The van der Waals surface area contributed by atoms with E-state index in [9.17, 15) is 0 Å². The van der Waals surface area contributed by atoms with Crippen molar-refractivity contribution in [2.24, 2.45) is 0 Å². The quantitative estimate of drug-likeness (QED) is 0.925. The molecule has 17 heavy (non-hydrogen) atoms. The smallest absolute Gasteiger partial charge is 0.144 e. The molecule has 0 unspecified atom stereocenters. The third kappa shape index (κ3) is 3.66. The van der Waals surface area contributed by atoms with Gasteiger partial charge in [0, 0.05) is 17.6 Å². The highest BCUT2D eigenvalue weighted by atomic mass is 35.5. The largest absolute Gasteiger partial charge is 0.384 e. The number of rotatable bonds is 4. The minimum absolute atomic E-state index is 0.502. The molecule has 6 heteroatoms. The van der Waals surface area contributed by atoms with Crippen LogP contribution in [-0.2, 0) is 13.1 Å². The number of hydrogen-bond acceptors (Lipinski definition) is 5. The first-order chi connectivity index (χ1) is 8.13. The predicted molar refractivity (Wildman–Crippen MR) is 70.9 cm³/mol. The molecule has 0 aliphatic carbocycles. The van der Waals surface area contributed by atoms with E-state index in [0.717, 1.165) is 16.7 Å². The fourth-order valence-corrected chi connectivity index (χ4v) is 2.66. The summed E-state index contributed by atoms with van der Waals surface area (Å²) in [5.74, 6) is 1.23. The summed E-state index contributed by atoms with van der Waals surface area (Å²) in [5, 5.41) is 0. The summed E-state index contributed by atoms with van der Waals surface area (Å²) in [4.78, 5) is 11.7. The van der Waals surface area contributed by atoms with Gasteiger partial charge in [-0.15, -0.1) is 11.3 Å². The summed E-state index contributed by atoms with van der Waals surface area (Å²) in [6.07, 6.45) is 1.67. The zero-order chi connectivity index (χ0) is 12.3. The van der Waals surface area contributed by atoms with Crippen molar-refractivity contribution in [3.05, 3.63) is 39.4 Å². The lowest BCUT2D eigenvalue weighted by Gasteiger charge is -2.14. The summed E-state index contributed by atoms with van der Waals surface area (Å²) < 4.78 is 0.814. The Balaban J connectivity index is 1.95. The van der Waals surface area contributed by atoms with E-state index >= 15 is 0 Å². The van der Waals surface area contributed by atoms with Gasteiger partial charge in [-0.3, -0.25) is 4.90 Å². The average Bonchev–Trinajstić information content (AvgIpc) is 2.63. The molecule has 0 aliphatic heterocycles. The summed E-state index contributed by atoms with van der Waals surface area (Å²) in [5.41, 5.74) is 5.61. The first-order valence-corrected chi connectivity index (χ1v) is 6.33. The third-order valence-corrected chi connectivity index (χ3v) is 3.41. The summed E-state index contributed by atoms with van der Waals surface area (Å²) in [6, 6.07) is 5.62. The topological polar surface area (TPSA) is 55.0 Å². The molecular weight excluding hydrogens is 256 g/mol. The van der Waals surface area contributed by atoms with Crippen LogP contribution in [0, 0.1) is 0 Å². The number of nitrogens with zero attached hydrogens (tertiary/aromatic N) is 3. The molecule has 0 saturated heterocycles. The average molecular weight is 269 g/mol. The molecule has 0 fully saturated rings. The summed E-state index contributed by atoms with van der Waals surface area (Å²) in [6.45, 7) is 1.50. The van der Waals surface area contributed by atoms with E-state index in [-0.39, 0.29) is 0 Å². The first-order valence-electron chi connectivity index (χ1n) is 5.13. The Morgan fingerprint density at radius 2 is 2.18 bits per heavy atom. The Kier molecular flexibility index (Phi) is 3.93. The Morgan fingerprint density at radius 3 is 2.82 bits per heavy atom. The van der Waals surface area contributed by atoms with Gasteiger partial charge in [0.15, 0.2) is 0 Å². The fraction of sp³-hybridized carbons (Fsp3) is 0.273. The highest BCUT2D eigenvalue weighted by Crippen LogP contribution is 2.22. The van der Waals surface area contributed by atoms with Crippen LogP contribution in [0.15, 0.2) is 24.4 Å². The second-order valence-electron chi connectivity index (χ2n) is 3.78. The van der Waals surface area contributed by atoms with Gasteiger partial charge >= 0.3 is 0 Å².